The Morgan fingerprint density at radius 1 is 1.29 bits per heavy atom. The first kappa shape index (κ1) is 14.6. The van der Waals surface area contributed by atoms with Crippen LogP contribution in [0.1, 0.15) is 18.5 Å². The number of pyridine rings is 1. The summed E-state index contributed by atoms with van der Waals surface area (Å²) in [7, 11) is 0. The van der Waals surface area contributed by atoms with Crippen molar-refractivity contribution in [2.24, 2.45) is 0 Å². The largest absolute Gasteiger partial charge is 0.365 e. The van der Waals surface area contributed by atoms with E-state index in [1.54, 1.807) is 12.4 Å². The molecule has 0 saturated carbocycles. The zero-order valence-corrected chi connectivity index (χ0v) is 13.1. The van der Waals surface area contributed by atoms with Gasteiger partial charge in [-0.15, -0.1) is 0 Å². The minimum atomic E-state index is 0.299. The monoisotopic (exact) mass is 319 g/mol. The molecule has 1 atom stereocenters. The van der Waals surface area contributed by atoms with Crippen molar-refractivity contribution in [3.05, 3.63) is 42.5 Å². The van der Waals surface area contributed by atoms with E-state index in [-0.39, 0.29) is 0 Å². The normalized spacial score (nSPS) is 17.5. The van der Waals surface area contributed by atoms with Crippen molar-refractivity contribution < 1.29 is 0 Å². The van der Waals surface area contributed by atoms with Crippen molar-refractivity contribution >= 4 is 11.5 Å². The van der Waals surface area contributed by atoms with Gasteiger partial charge in [0.2, 0.25) is 0 Å². The third kappa shape index (κ3) is 2.68. The molecule has 0 spiro atoms. The number of nitriles is 1. The first-order valence-electron chi connectivity index (χ1n) is 8.02. The van der Waals surface area contributed by atoms with E-state index >= 15 is 0 Å². The quantitative estimate of drug-likeness (QED) is 0.765. The maximum Gasteiger partial charge on any atom is 0.168 e. The molecule has 3 aromatic heterocycles. The van der Waals surface area contributed by atoms with E-state index in [4.69, 9.17) is 0 Å². The van der Waals surface area contributed by atoms with Crippen LogP contribution in [0.5, 0.6) is 0 Å². The number of hydrogen-bond acceptors (Lipinski definition) is 6. The highest BCUT2D eigenvalue weighted by atomic mass is 15.1. The summed E-state index contributed by atoms with van der Waals surface area (Å²) in [6, 6.07) is 8.22. The van der Waals surface area contributed by atoms with E-state index in [0.717, 1.165) is 37.3 Å². The average molecular weight is 319 g/mol. The highest BCUT2D eigenvalue weighted by molar-refractivity contribution is 5.66. The lowest BCUT2D eigenvalue weighted by atomic mass is 10.1. The Morgan fingerprint density at radius 2 is 2.25 bits per heavy atom. The van der Waals surface area contributed by atoms with E-state index in [1.165, 1.54) is 0 Å². The molecule has 0 aromatic carbocycles. The molecule has 2 N–H and O–H groups in total. The lowest BCUT2D eigenvalue weighted by Crippen LogP contribution is -2.38. The summed E-state index contributed by atoms with van der Waals surface area (Å²) in [5.41, 5.74) is 2.42. The minimum absolute atomic E-state index is 0.299. The van der Waals surface area contributed by atoms with E-state index in [2.05, 4.69) is 31.7 Å². The standard InChI is InChI=1S/C17H17N7/c18-8-13-17(14-10-21-16-5-1-2-7-24(14)16)23-15(11-20-13)22-12-4-3-6-19-9-12/h1-2,5,7,10-12,19H,3-4,6,9H2,(H,22,23)/t12-/m1/s1. The van der Waals surface area contributed by atoms with E-state index in [1.807, 2.05) is 28.8 Å². The van der Waals surface area contributed by atoms with Crippen LogP contribution in [0.15, 0.2) is 36.8 Å². The zero-order chi connectivity index (χ0) is 16.4. The third-order valence-corrected chi connectivity index (χ3v) is 4.19. The topological polar surface area (TPSA) is 90.9 Å². The lowest BCUT2D eigenvalue weighted by molar-refractivity contribution is 0.479. The molecule has 0 unspecified atom stereocenters. The van der Waals surface area contributed by atoms with Gasteiger partial charge in [-0.05, 0) is 31.5 Å². The van der Waals surface area contributed by atoms with Crippen LogP contribution in [0, 0.1) is 11.3 Å². The lowest BCUT2D eigenvalue weighted by Gasteiger charge is -2.24. The van der Waals surface area contributed by atoms with Crippen LogP contribution >= 0.6 is 0 Å². The minimum Gasteiger partial charge on any atom is -0.365 e. The molecule has 4 heterocycles. The number of hydrogen-bond donors (Lipinski definition) is 2. The van der Waals surface area contributed by atoms with Crippen molar-refractivity contribution in [1.82, 2.24) is 24.7 Å². The van der Waals surface area contributed by atoms with Gasteiger partial charge in [0.25, 0.3) is 0 Å². The number of imidazole rings is 1. The molecule has 1 fully saturated rings. The third-order valence-electron chi connectivity index (χ3n) is 4.19. The number of rotatable bonds is 3. The predicted octanol–water partition coefficient (Wildman–Crippen LogP) is 1.83. The Kier molecular flexibility index (Phi) is 3.81. The second-order valence-corrected chi connectivity index (χ2v) is 5.82. The van der Waals surface area contributed by atoms with Gasteiger partial charge in [0.05, 0.1) is 18.1 Å². The van der Waals surface area contributed by atoms with Crippen LogP contribution in [0.2, 0.25) is 0 Å². The SMILES string of the molecule is N#Cc1ncc(N[C@@H]2CCCNC2)nc1-c1cnc2ccccn12. The van der Waals surface area contributed by atoms with Gasteiger partial charge >= 0.3 is 0 Å². The average Bonchev–Trinajstić information content (AvgIpc) is 3.06. The number of aromatic nitrogens is 4. The smallest absolute Gasteiger partial charge is 0.168 e. The summed E-state index contributed by atoms with van der Waals surface area (Å²) in [5.74, 6) is 0.684. The first-order valence-corrected chi connectivity index (χ1v) is 8.02. The molecule has 0 bridgehead atoms. The summed E-state index contributed by atoms with van der Waals surface area (Å²) in [4.78, 5) is 13.3. The van der Waals surface area contributed by atoms with E-state index < -0.39 is 0 Å². The van der Waals surface area contributed by atoms with Crippen molar-refractivity contribution in [2.75, 3.05) is 18.4 Å². The fraction of sp³-hybridized carbons (Fsp3) is 0.294. The Morgan fingerprint density at radius 3 is 3.08 bits per heavy atom. The molecular weight excluding hydrogens is 302 g/mol. The van der Waals surface area contributed by atoms with Gasteiger partial charge in [0, 0.05) is 18.8 Å². The second kappa shape index (κ2) is 6.26. The van der Waals surface area contributed by atoms with Crippen molar-refractivity contribution in [3.8, 4) is 17.5 Å². The molecule has 0 aliphatic carbocycles. The molecule has 0 radical (unpaired) electrons. The fourth-order valence-corrected chi connectivity index (χ4v) is 3.01. The molecule has 1 aliphatic rings. The highest BCUT2D eigenvalue weighted by Crippen LogP contribution is 2.23. The number of fused-ring (bicyclic) bond motifs is 1. The molecule has 7 heteroatoms. The molecule has 24 heavy (non-hydrogen) atoms. The Balaban J connectivity index is 1.73. The first-order chi connectivity index (χ1) is 11.8. The number of anilines is 1. The summed E-state index contributed by atoms with van der Waals surface area (Å²) in [6.45, 7) is 1.97. The number of piperidine rings is 1. The molecule has 1 aliphatic heterocycles. The summed E-state index contributed by atoms with van der Waals surface area (Å²) in [6.07, 6.45) is 7.50. The zero-order valence-electron chi connectivity index (χ0n) is 13.1. The number of nitrogens with zero attached hydrogens (tertiary/aromatic N) is 5. The molecular formula is C17H17N7. The maximum atomic E-state index is 9.39. The van der Waals surface area contributed by atoms with Crippen molar-refractivity contribution in [2.45, 2.75) is 18.9 Å². The van der Waals surface area contributed by atoms with Crippen LogP contribution in [0.3, 0.4) is 0 Å². The van der Waals surface area contributed by atoms with Crippen LogP contribution in [0.4, 0.5) is 5.82 Å². The van der Waals surface area contributed by atoms with Gasteiger partial charge in [0.1, 0.15) is 23.2 Å². The van der Waals surface area contributed by atoms with Crippen LogP contribution in [0.25, 0.3) is 17.0 Å². The number of nitrogens with one attached hydrogen (secondary N) is 2. The van der Waals surface area contributed by atoms with Crippen LogP contribution in [-0.4, -0.2) is 38.5 Å². The molecule has 0 amide bonds. The van der Waals surface area contributed by atoms with Crippen LogP contribution in [-0.2, 0) is 0 Å². The van der Waals surface area contributed by atoms with Gasteiger partial charge in [-0.25, -0.2) is 15.0 Å². The second-order valence-electron chi connectivity index (χ2n) is 5.82. The van der Waals surface area contributed by atoms with Gasteiger partial charge in [0.15, 0.2) is 5.69 Å². The van der Waals surface area contributed by atoms with Crippen molar-refractivity contribution in [1.29, 1.82) is 5.26 Å². The summed E-state index contributed by atoms with van der Waals surface area (Å²) >= 11 is 0. The summed E-state index contributed by atoms with van der Waals surface area (Å²) < 4.78 is 1.91. The van der Waals surface area contributed by atoms with Crippen molar-refractivity contribution in [3.63, 3.8) is 0 Å². The van der Waals surface area contributed by atoms with E-state index in [0.29, 0.717) is 23.2 Å². The Hall–Kier alpha value is -2.98. The molecule has 120 valence electrons. The van der Waals surface area contributed by atoms with Gasteiger partial charge in [-0.3, -0.25) is 4.40 Å². The van der Waals surface area contributed by atoms with E-state index in [9.17, 15) is 5.26 Å². The van der Waals surface area contributed by atoms with Crippen LogP contribution < -0.4 is 10.6 Å². The molecule has 7 nitrogen and oxygen atoms in total. The fourth-order valence-electron chi connectivity index (χ4n) is 3.01. The highest BCUT2D eigenvalue weighted by Gasteiger charge is 2.17. The van der Waals surface area contributed by atoms with Gasteiger partial charge in [-0.2, -0.15) is 5.26 Å². The summed E-state index contributed by atoms with van der Waals surface area (Å²) in [5, 5.41) is 16.2. The Labute approximate surface area is 139 Å². The molecule has 3 aromatic rings. The molecule has 1 saturated heterocycles. The molecule has 4 rings (SSSR count). The van der Waals surface area contributed by atoms with Gasteiger partial charge < -0.3 is 10.6 Å². The predicted molar refractivity (Wildman–Crippen MR) is 90.4 cm³/mol. The van der Waals surface area contributed by atoms with Gasteiger partial charge in [-0.1, -0.05) is 6.07 Å². The maximum absolute atomic E-state index is 9.39. The Bertz CT molecular complexity index is 903.